The maximum atomic E-state index is 6.47. The minimum atomic E-state index is 0.518. The normalized spacial score (nSPS) is 23.4. The summed E-state index contributed by atoms with van der Waals surface area (Å²) in [6.07, 6.45) is 2.31. The van der Waals surface area contributed by atoms with Crippen LogP contribution in [0.15, 0.2) is 36.4 Å². The molecule has 2 N–H and O–H groups in total. The fraction of sp³-hybridized carbons (Fsp3) is 0.333. The molecule has 0 amide bonds. The largest absolute Gasteiger partial charge is 0.381 e. The molecule has 0 unspecified atom stereocenters. The van der Waals surface area contributed by atoms with Gasteiger partial charge < -0.3 is 10.6 Å². The van der Waals surface area contributed by atoms with Crippen LogP contribution in [0.4, 0.5) is 5.69 Å². The average molecular weight is 333 g/mol. The number of rotatable bonds is 1. The summed E-state index contributed by atoms with van der Waals surface area (Å²) in [6, 6.07) is 12.8. The molecule has 2 aromatic rings. The highest BCUT2D eigenvalue weighted by Crippen LogP contribution is 2.47. The number of hydrogen-bond donors (Lipinski definition) is 2. The summed E-state index contributed by atoms with van der Waals surface area (Å²) < 4.78 is 0. The van der Waals surface area contributed by atoms with E-state index in [1.54, 1.807) is 0 Å². The molecule has 22 heavy (non-hydrogen) atoms. The van der Waals surface area contributed by atoms with Gasteiger partial charge in [0.05, 0.1) is 10.0 Å². The summed E-state index contributed by atoms with van der Waals surface area (Å²) >= 11 is 12.7. The van der Waals surface area contributed by atoms with E-state index < -0.39 is 0 Å². The summed E-state index contributed by atoms with van der Waals surface area (Å²) in [6.45, 7) is 2.15. The molecule has 2 aromatic carbocycles. The summed E-state index contributed by atoms with van der Waals surface area (Å²) in [5.41, 5.74) is 4.91. The second-order valence-corrected chi connectivity index (χ2v) is 6.84. The van der Waals surface area contributed by atoms with Crippen LogP contribution < -0.4 is 10.6 Å². The maximum absolute atomic E-state index is 6.47. The molecule has 114 valence electrons. The van der Waals surface area contributed by atoms with E-state index >= 15 is 0 Å². The number of anilines is 1. The van der Waals surface area contributed by atoms with Gasteiger partial charge in [0.25, 0.3) is 0 Å². The van der Waals surface area contributed by atoms with Crippen LogP contribution in [0.5, 0.6) is 0 Å². The van der Waals surface area contributed by atoms with E-state index in [2.05, 4.69) is 34.9 Å². The van der Waals surface area contributed by atoms with Gasteiger partial charge in [-0.3, -0.25) is 0 Å². The molecular weight excluding hydrogens is 315 g/mol. The van der Waals surface area contributed by atoms with E-state index in [9.17, 15) is 0 Å². The molecule has 0 aliphatic carbocycles. The van der Waals surface area contributed by atoms with Crippen LogP contribution in [0, 0.1) is 0 Å². The molecule has 0 aromatic heterocycles. The Balaban J connectivity index is 1.87. The third-order valence-corrected chi connectivity index (χ3v) is 5.63. The van der Waals surface area contributed by atoms with E-state index in [-0.39, 0.29) is 0 Å². The van der Waals surface area contributed by atoms with Gasteiger partial charge in [-0.25, -0.2) is 0 Å². The van der Waals surface area contributed by atoms with Gasteiger partial charge in [0.1, 0.15) is 0 Å². The Bertz CT molecular complexity index is 714. The molecule has 2 aliphatic heterocycles. The molecular formula is C18H18Cl2N2. The van der Waals surface area contributed by atoms with Crippen molar-refractivity contribution in [1.29, 1.82) is 0 Å². The third-order valence-electron chi connectivity index (χ3n) is 4.81. The predicted octanol–water partition coefficient (Wildman–Crippen LogP) is 4.92. The predicted molar refractivity (Wildman–Crippen MR) is 94.2 cm³/mol. The van der Waals surface area contributed by atoms with Crippen LogP contribution in [-0.2, 0) is 0 Å². The van der Waals surface area contributed by atoms with E-state index in [1.807, 2.05) is 12.1 Å². The zero-order chi connectivity index (χ0) is 15.1. The van der Waals surface area contributed by atoms with Crippen LogP contribution in [-0.4, -0.2) is 19.1 Å². The first kappa shape index (κ1) is 14.4. The molecule has 0 bridgehead atoms. The van der Waals surface area contributed by atoms with Crippen LogP contribution in [0.1, 0.15) is 24.3 Å². The Morgan fingerprint density at radius 2 is 1.68 bits per heavy atom. The van der Waals surface area contributed by atoms with Gasteiger partial charge in [-0.05, 0) is 49.2 Å². The van der Waals surface area contributed by atoms with Gasteiger partial charge >= 0.3 is 0 Å². The minimum absolute atomic E-state index is 0.518. The quantitative estimate of drug-likeness (QED) is 0.774. The molecule has 2 nitrogen and oxygen atoms in total. The summed E-state index contributed by atoms with van der Waals surface area (Å²) in [5.74, 6) is 0.538. The van der Waals surface area contributed by atoms with Crippen molar-refractivity contribution in [3.63, 3.8) is 0 Å². The minimum Gasteiger partial charge on any atom is -0.381 e. The Hall–Kier alpha value is -1.22. The topological polar surface area (TPSA) is 24.1 Å². The van der Waals surface area contributed by atoms with E-state index in [0.29, 0.717) is 22.0 Å². The van der Waals surface area contributed by atoms with Gasteiger partial charge in [-0.2, -0.15) is 0 Å². The van der Waals surface area contributed by atoms with Gasteiger partial charge in [0.2, 0.25) is 0 Å². The molecule has 4 rings (SSSR count). The van der Waals surface area contributed by atoms with Gasteiger partial charge in [-0.1, -0.05) is 47.5 Å². The van der Waals surface area contributed by atoms with Crippen LogP contribution in [0.25, 0.3) is 11.1 Å². The molecule has 0 radical (unpaired) electrons. The molecule has 2 atom stereocenters. The van der Waals surface area contributed by atoms with Crippen LogP contribution >= 0.6 is 23.2 Å². The summed E-state index contributed by atoms with van der Waals surface area (Å²) in [4.78, 5) is 0. The average Bonchev–Trinajstić information content (AvgIpc) is 2.72. The van der Waals surface area contributed by atoms with Crippen molar-refractivity contribution in [1.82, 2.24) is 5.32 Å². The molecule has 4 heteroatoms. The van der Waals surface area contributed by atoms with Gasteiger partial charge in [0.15, 0.2) is 0 Å². The first-order valence-corrected chi connectivity index (χ1v) is 8.56. The molecule has 2 heterocycles. The van der Waals surface area contributed by atoms with Crippen molar-refractivity contribution in [2.75, 3.05) is 18.4 Å². The second-order valence-electron chi connectivity index (χ2n) is 6.05. The molecule has 1 fully saturated rings. The summed E-state index contributed by atoms with van der Waals surface area (Å²) in [7, 11) is 0. The lowest BCUT2D eigenvalue weighted by Crippen LogP contribution is -2.21. The lowest BCUT2D eigenvalue weighted by molar-refractivity contribution is 0.579. The molecule has 0 spiro atoms. The Kier molecular flexibility index (Phi) is 3.77. The van der Waals surface area contributed by atoms with Crippen LogP contribution in [0.2, 0.25) is 10.0 Å². The van der Waals surface area contributed by atoms with Crippen molar-refractivity contribution in [2.24, 2.45) is 0 Å². The second kappa shape index (κ2) is 5.77. The first-order valence-electron chi connectivity index (χ1n) is 7.80. The highest BCUT2D eigenvalue weighted by atomic mass is 35.5. The number of nitrogens with one attached hydrogen (secondary N) is 2. The zero-order valence-corrected chi connectivity index (χ0v) is 13.7. The number of halogens is 2. The van der Waals surface area contributed by atoms with E-state index in [1.165, 1.54) is 16.8 Å². The highest BCUT2D eigenvalue weighted by molar-refractivity contribution is 6.43. The number of hydrogen-bond acceptors (Lipinski definition) is 2. The monoisotopic (exact) mass is 332 g/mol. The third kappa shape index (κ3) is 2.30. The Labute approximate surface area is 140 Å². The fourth-order valence-corrected chi connectivity index (χ4v) is 4.20. The van der Waals surface area contributed by atoms with Gasteiger partial charge in [-0.15, -0.1) is 0 Å². The van der Waals surface area contributed by atoms with Crippen LogP contribution in [0.3, 0.4) is 0 Å². The number of benzene rings is 2. The van der Waals surface area contributed by atoms with E-state index in [4.69, 9.17) is 23.2 Å². The summed E-state index contributed by atoms with van der Waals surface area (Å²) in [5, 5.41) is 8.46. The standard InChI is InChI=1S/C18H18Cl2N2/c19-14-5-1-4-12(18(14)20)11-3-2-6-16-17(11)13-7-9-21-10-8-15(13)22-16/h1-6,13,15,21-22H,7-10H2/t13-,15-/m0/s1. The van der Waals surface area contributed by atoms with Crippen molar-refractivity contribution in [2.45, 2.75) is 24.8 Å². The fourth-order valence-electron chi connectivity index (χ4n) is 3.80. The lowest BCUT2D eigenvalue weighted by Gasteiger charge is -2.18. The maximum Gasteiger partial charge on any atom is 0.0670 e. The van der Waals surface area contributed by atoms with E-state index in [0.717, 1.165) is 31.5 Å². The SMILES string of the molecule is Clc1cccc(-c2cccc3c2[C@H]2CCNCC[C@@H]2N3)c1Cl. The smallest absolute Gasteiger partial charge is 0.0670 e. The lowest BCUT2D eigenvalue weighted by atomic mass is 9.86. The Morgan fingerprint density at radius 1 is 0.909 bits per heavy atom. The van der Waals surface area contributed by atoms with Crippen molar-refractivity contribution in [3.8, 4) is 11.1 Å². The first-order chi connectivity index (χ1) is 10.8. The Morgan fingerprint density at radius 3 is 2.59 bits per heavy atom. The zero-order valence-electron chi connectivity index (χ0n) is 12.2. The number of fused-ring (bicyclic) bond motifs is 3. The molecule has 1 saturated heterocycles. The molecule has 2 aliphatic rings. The molecule has 0 saturated carbocycles. The highest BCUT2D eigenvalue weighted by Gasteiger charge is 2.35. The van der Waals surface area contributed by atoms with Crippen molar-refractivity contribution >= 4 is 28.9 Å². The van der Waals surface area contributed by atoms with Gasteiger partial charge in [0, 0.05) is 23.2 Å². The van der Waals surface area contributed by atoms with Crippen molar-refractivity contribution in [3.05, 3.63) is 52.0 Å². The van der Waals surface area contributed by atoms with Crippen molar-refractivity contribution < 1.29 is 0 Å².